The van der Waals surface area contributed by atoms with Gasteiger partial charge in [0.15, 0.2) is 0 Å². The Balaban J connectivity index is 0.00000364. The second-order valence-electron chi connectivity index (χ2n) is 4.66. The van der Waals surface area contributed by atoms with Crippen LogP contribution in [0.1, 0.15) is 8.35 Å². The lowest BCUT2D eigenvalue weighted by Gasteiger charge is -2.23. The van der Waals surface area contributed by atoms with Crippen molar-refractivity contribution in [3.8, 4) is 0 Å². The molecule has 1 heterocycles. The van der Waals surface area contributed by atoms with Crippen molar-refractivity contribution in [2.75, 3.05) is 24.6 Å². The van der Waals surface area contributed by atoms with E-state index in [0.717, 1.165) is 11.5 Å². The van der Waals surface area contributed by atoms with Crippen LogP contribution in [0.15, 0.2) is 34.8 Å². The van der Waals surface area contributed by atoms with E-state index in [9.17, 15) is 23.1 Å². The summed E-state index contributed by atoms with van der Waals surface area (Å²) in [6.45, 7) is 1.60. The van der Waals surface area contributed by atoms with E-state index in [-0.39, 0.29) is 25.0 Å². The van der Waals surface area contributed by atoms with Crippen molar-refractivity contribution in [3.05, 3.63) is 34.6 Å². The lowest BCUT2D eigenvalue weighted by atomic mass is 10.2. The van der Waals surface area contributed by atoms with E-state index in [1.165, 1.54) is 29.4 Å². The zero-order valence-electron chi connectivity index (χ0n) is 14.4. The molecule has 0 N–H and O–H groups in total. The summed E-state index contributed by atoms with van der Waals surface area (Å²) in [6.07, 6.45) is 1.31. The van der Waals surface area contributed by atoms with Crippen LogP contribution >= 0.6 is 11.5 Å². The van der Waals surface area contributed by atoms with Crippen molar-refractivity contribution >= 4 is 44.1 Å². The summed E-state index contributed by atoms with van der Waals surface area (Å²) in [7, 11) is -4.82. The van der Waals surface area contributed by atoms with Gasteiger partial charge in [-0.1, -0.05) is 0 Å². The smallest absolute Gasteiger partial charge is 0.726 e. The van der Waals surface area contributed by atoms with Crippen LogP contribution in [0.5, 0.6) is 0 Å². The van der Waals surface area contributed by atoms with Crippen molar-refractivity contribution in [2.45, 2.75) is 6.92 Å². The Labute approximate surface area is 153 Å². The predicted molar refractivity (Wildman–Crippen MR) is 91.8 cm³/mol. The number of hydrogen-bond acceptors (Lipinski definition) is 12. The van der Waals surface area contributed by atoms with Gasteiger partial charge in [0.05, 0.1) is 17.2 Å². The predicted octanol–water partition coefficient (Wildman–Crippen LogP) is 2.28. The lowest BCUT2D eigenvalue weighted by molar-refractivity contribution is -0.384. The Morgan fingerprint density at radius 2 is 2.19 bits per heavy atom. The zero-order chi connectivity index (χ0) is 19.2. The third-order valence-corrected chi connectivity index (χ3v) is 4.07. The summed E-state index contributed by atoms with van der Waals surface area (Å²) in [5.74, 6) is 0. The molecule has 0 bridgehead atoms. The molecule has 2 rings (SSSR count). The van der Waals surface area contributed by atoms with E-state index in [4.69, 9.17) is 0 Å². The Hall–Kier alpha value is -2.55. The van der Waals surface area contributed by atoms with E-state index in [1.807, 2.05) is 0 Å². The molecular formula is C12H14N6O6S2. The quantitative estimate of drug-likeness (QED) is 0.201. The molecule has 0 aliphatic rings. The van der Waals surface area contributed by atoms with Gasteiger partial charge in [-0.3, -0.25) is 14.3 Å². The molecule has 0 aliphatic carbocycles. The highest BCUT2D eigenvalue weighted by Gasteiger charge is 2.19. The van der Waals surface area contributed by atoms with Gasteiger partial charge in [0.25, 0.3) is 5.69 Å². The highest BCUT2D eigenvalue weighted by molar-refractivity contribution is 7.80. The van der Waals surface area contributed by atoms with Crippen LogP contribution < -0.4 is 4.90 Å². The van der Waals surface area contributed by atoms with Crippen molar-refractivity contribution in [3.63, 3.8) is 0 Å². The normalized spacial score (nSPS) is 11.8. The van der Waals surface area contributed by atoms with E-state index in [1.54, 1.807) is 6.92 Å². The van der Waals surface area contributed by atoms with Crippen molar-refractivity contribution in [1.29, 1.82) is 0 Å². The molecule has 14 heteroatoms. The number of benzene rings is 1. The largest absolute Gasteiger partial charge is 1.00 e. The molecule has 0 saturated heterocycles. The first kappa shape index (κ1) is 19.8. The van der Waals surface area contributed by atoms with E-state index >= 15 is 0 Å². The van der Waals surface area contributed by atoms with Gasteiger partial charge >= 0.3 is 1.43 Å². The first-order chi connectivity index (χ1) is 12.3. The van der Waals surface area contributed by atoms with Crippen LogP contribution in [-0.2, 0) is 14.6 Å². The second-order valence-corrected chi connectivity index (χ2v) is 6.47. The van der Waals surface area contributed by atoms with Crippen LogP contribution in [0.3, 0.4) is 0 Å². The van der Waals surface area contributed by atoms with Gasteiger partial charge in [0.2, 0.25) is 15.5 Å². The SMILES string of the molecule is CCN(CCOS(=O)(=O)[O-])c1ccc(N=Nc2ncns2)cc1[N+](=O)[O-].[H+]. The number of azo groups is 1. The van der Waals surface area contributed by atoms with Gasteiger partial charge < -0.3 is 9.45 Å². The van der Waals surface area contributed by atoms with Crippen LogP contribution in [0.25, 0.3) is 0 Å². The summed E-state index contributed by atoms with van der Waals surface area (Å²) in [6, 6.07) is 4.20. The maximum atomic E-state index is 11.4. The summed E-state index contributed by atoms with van der Waals surface area (Å²) in [5, 5.41) is 19.4. The highest BCUT2D eigenvalue weighted by Crippen LogP contribution is 2.32. The van der Waals surface area contributed by atoms with Crippen LogP contribution in [0.4, 0.5) is 22.2 Å². The molecule has 0 aliphatic heterocycles. The first-order valence-electron chi connectivity index (χ1n) is 7.12. The molecule has 0 spiro atoms. The Bertz CT molecular complexity index is 892. The van der Waals surface area contributed by atoms with Gasteiger partial charge in [0, 0.05) is 30.7 Å². The van der Waals surface area contributed by atoms with Crippen molar-refractivity contribution < 1.29 is 23.5 Å². The minimum atomic E-state index is -4.82. The number of aromatic nitrogens is 2. The Morgan fingerprint density at radius 1 is 1.42 bits per heavy atom. The number of nitro groups is 1. The number of likely N-dealkylation sites (N-methyl/N-ethyl adjacent to an activating group) is 1. The molecule has 140 valence electrons. The monoisotopic (exact) mass is 402 g/mol. The van der Waals surface area contributed by atoms with E-state index in [0.29, 0.717) is 11.7 Å². The fourth-order valence-electron chi connectivity index (χ4n) is 2.00. The molecule has 1 aromatic carbocycles. The molecule has 0 unspecified atom stereocenters. The number of hydrogen-bond donors (Lipinski definition) is 0. The van der Waals surface area contributed by atoms with Crippen LogP contribution in [0.2, 0.25) is 0 Å². The summed E-state index contributed by atoms with van der Waals surface area (Å²) < 4.78 is 39.4. The fraction of sp³-hybridized carbons (Fsp3) is 0.333. The van der Waals surface area contributed by atoms with Gasteiger partial charge in [0.1, 0.15) is 12.0 Å². The van der Waals surface area contributed by atoms with Crippen LogP contribution in [0, 0.1) is 10.1 Å². The molecule has 26 heavy (non-hydrogen) atoms. The lowest BCUT2D eigenvalue weighted by Crippen LogP contribution is -2.28. The number of rotatable bonds is 9. The Kier molecular flexibility index (Phi) is 6.62. The average molecular weight is 402 g/mol. The standard InChI is InChI=1S/C12H14N6O6S2/c1-2-17(5-6-24-26(21,22)23)10-4-3-9(7-11(10)18(19)20)15-16-12-13-8-14-25-12/h3-4,7-8H,2,5-6H2,1H3,(H,21,22,23). The third kappa shape index (κ3) is 5.76. The molecule has 0 fully saturated rings. The van der Waals surface area contributed by atoms with Crippen LogP contribution in [-0.4, -0.2) is 46.9 Å². The molecule has 0 saturated carbocycles. The summed E-state index contributed by atoms with van der Waals surface area (Å²) in [4.78, 5) is 16.1. The molecule has 0 atom stereocenters. The fourth-order valence-corrected chi connectivity index (χ4v) is 2.64. The van der Waals surface area contributed by atoms with E-state index < -0.39 is 21.9 Å². The van der Waals surface area contributed by atoms with Gasteiger partial charge in [-0.05, 0) is 19.1 Å². The van der Waals surface area contributed by atoms with Gasteiger partial charge in [-0.15, -0.1) is 10.2 Å². The topological polar surface area (TPSA) is 163 Å². The Morgan fingerprint density at radius 3 is 2.77 bits per heavy atom. The number of anilines is 1. The third-order valence-electron chi connectivity index (χ3n) is 3.07. The van der Waals surface area contributed by atoms with Gasteiger partial charge in [-0.2, -0.15) is 4.37 Å². The molecule has 1 aromatic heterocycles. The minimum absolute atomic E-state index is 0. The maximum absolute atomic E-state index is 11.4. The second kappa shape index (κ2) is 8.70. The molecule has 2 aromatic rings. The number of nitrogens with zero attached hydrogens (tertiary/aromatic N) is 6. The van der Waals surface area contributed by atoms with E-state index in [2.05, 4.69) is 23.8 Å². The minimum Gasteiger partial charge on any atom is -0.726 e. The highest BCUT2D eigenvalue weighted by atomic mass is 32.3. The van der Waals surface area contributed by atoms with Gasteiger partial charge in [-0.25, -0.2) is 13.4 Å². The molecule has 0 radical (unpaired) electrons. The summed E-state index contributed by atoms with van der Waals surface area (Å²) in [5.41, 5.74) is 0.231. The van der Waals surface area contributed by atoms with Crippen molar-refractivity contribution in [2.24, 2.45) is 10.2 Å². The van der Waals surface area contributed by atoms with Crippen molar-refractivity contribution in [1.82, 2.24) is 9.36 Å². The summed E-state index contributed by atoms with van der Waals surface area (Å²) >= 11 is 1.02. The number of nitro benzene ring substituents is 1. The molecular weight excluding hydrogens is 388 g/mol. The molecule has 0 amide bonds. The average Bonchev–Trinajstić information content (AvgIpc) is 3.09. The maximum Gasteiger partial charge on any atom is 1.00 e. The first-order valence-corrected chi connectivity index (χ1v) is 9.23. The zero-order valence-corrected chi connectivity index (χ0v) is 15.0. The molecule has 12 nitrogen and oxygen atoms in total.